The normalized spacial score (nSPS) is 11.7. The van der Waals surface area contributed by atoms with Crippen LogP contribution in [0.3, 0.4) is 0 Å². The maximum Gasteiger partial charge on any atom is 0.136 e. The Kier molecular flexibility index (Phi) is 6.25. The number of para-hydroxylation sites is 1. The molecular weight excluding hydrogens is 593 g/mol. The molecule has 10 aromatic rings. The molecule has 0 fully saturated rings. The van der Waals surface area contributed by atoms with Crippen molar-refractivity contribution in [2.45, 2.75) is 0 Å². The van der Waals surface area contributed by atoms with E-state index in [0.29, 0.717) is 0 Å². The van der Waals surface area contributed by atoms with Gasteiger partial charge in [-0.1, -0.05) is 164 Å². The van der Waals surface area contributed by atoms with Gasteiger partial charge in [0.1, 0.15) is 11.2 Å². The summed E-state index contributed by atoms with van der Waals surface area (Å²) in [6.07, 6.45) is 0. The van der Waals surface area contributed by atoms with Crippen molar-refractivity contribution in [3.8, 4) is 44.5 Å². The van der Waals surface area contributed by atoms with Crippen molar-refractivity contribution in [3.05, 3.63) is 182 Å². The average Bonchev–Trinajstić information content (AvgIpc) is 3.57. The standard InChI is InChI=1S/C48H30O/c1-2-15-31(16-3-1)32-17-4-5-18-33(32)42-29-30-45-48(43-25-12-13-28-44(43)49-45)47(42)41-24-11-9-22-37(41)40-27-14-26-39-36-20-7-6-19-34(36)35-21-8-10-23-38(35)46(39)40/h1-30H. The Morgan fingerprint density at radius 2 is 0.735 bits per heavy atom. The van der Waals surface area contributed by atoms with Crippen LogP contribution in [0.2, 0.25) is 0 Å². The number of benzene rings is 9. The molecule has 1 aromatic heterocycles. The number of rotatable bonds is 4. The lowest BCUT2D eigenvalue weighted by molar-refractivity contribution is 0.669. The first kappa shape index (κ1) is 27.7. The van der Waals surface area contributed by atoms with E-state index in [1.165, 1.54) is 76.8 Å². The fourth-order valence-corrected chi connectivity index (χ4v) is 8.02. The van der Waals surface area contributed by atoms with Crippen molar-refractivity contribution in [2.75, 3.05) is 0 Å². The highest BCUT2D eigenvalue weighted by molar-refractivity contribution is 6.29. The first-order chi connectivity index (χ1) is 24.3. The van der Waals surface area contributed by atoms with Gasteiger partial charge in [0.05, 0.1) is 0 Å². The third-order valence-electron chi connectivity index (χ3n) is 10.1. The Labute approximate surface area is 284 Å². The summed E-state index contributed by atoms with van der Waals surface area (Å²) in [5, 5.41) is 9.90. The molecule has 0 radical (unpaired) electrons. The summed E-state index contributed by atoms with van der Waals surface area (Å²) in [5.41, 5.74) is 11.4. The van der Waals surface area contributed by atoms with E-state index in [4.69, 9.17) is 4.42 Å². The van der Waals surface area contributed by atoms with Crippen LogP contribution in [0.5, 0.6) is 0 Å². The predicted molar refractivity (Wildman–Crippen MR) is 208 cm³/mol. The summed E-state index contributed by atoms with van der Waals surface area (Å²) in [5.74, 6) is 0. The minimum atomic E-state index is 0.890. The van der Waals surface area contributed by atoms with Crippen LogP contribution < -0.4 is 0 Å². The Balaban J connectivity index is 1.35. The first-order valence-corrected chi connectivity index (χ1v) is 16.9. The topological polar surface area (TPSA) is 13.1 Å². The van der Waals surface area contributed by atoms with Gasteiger partial charge in [-0.25, -0.2) is 0 Å². The maximum atomic E-state index is 6.54. The molecule has 0 saturated carbocycles. The quantitative estimate of drug-likeness (QED) is 0.178. The third kappa shape index (κ3) is 4.26. The SMILES string of the molecule is c1ccc(-c2ccccc2-c2ccc3oc4ccccc4c3c2-c2ccccc2-c2cccc3c4ccccc4c4ccccc4c23)cc1. The van der Waals surface area contributed by atoms with E-state index in [0.717, 1.165) is 21.9 Å². The van der Waals surface area contributed by atoms with Crippen molar-refractivity contribution < 1.29 is 4.42 Å². The smallest absolute Gasteiger partial charge is 0.136 e. The molecule has 1 nitrogen and oxygen atoms in total. The summed E-state index contributed by atoms with van der Waals surface area (Å²) < 4.78 is 6.54. The Morgan fingerprint density at radius 1 is 0.245 bits per heavy atom. The summed E-state index contributed by atoms with van der Waals surface area (Å²) in [7, 11) is 0. The number of fused-ring (bicyclic) bond motifs is 9. The first-order valence-electron chi connectivity index (χ1n) is 16.9. The second-order valence-corrected chi connectivity index (χ2v) is 12.7. The molecule has 0 unspecified atom stereocenters. The molecule has 0 aliphatic rings. The van der Waals surface area contributed by atoms with Crippen molar-refractivity contribution in [3.63, 3.8) is 0 Å². The highest BCUT2D eigenvalue weighted by Crippen LogP contribution is 2.49. The molecule has 10 rings (SSSR count). The number of furan rings is 1. The number of hydrogen-bond donors (Lipinski definition) is 0. The lowest BCUT2D eigenvalue weighted by Crippen LogP contribution is -1.93. The largest absolute Gasteiger partial charge is 0.456 e. The zero-order chi connectivity index (χ0) is 32.3. The highest BCUT2D eigenvalue weighted by atomic mass is 16.3. The average molecular weight is 623 g/mol. The monoisotopic (exact) mass is 622 g/mol. The lowest BCUT2D eigenvalue weighted by Gasteiger charge is -2.20. The summed E-state index contributed by atoms with van der Waals surface area (Å²) in [6, 6.07) is 65.7. The zero-order valence-electron chi connectivity index (χ0n) is 26.7. The van der Waals surface area contributed by atoms with E-state index in [1.54, 1.807) is 0 Å². The van der Waals surface area contributed by atoms with Gasteiger partial charge < -0.3 is 4.42 Å². The zero-order valence-corrected chi connectivity index (χ0v) is 26.7. The van der Waals surface area contributed by atoms with Gasteiger partial charge in [-0.3, -0.25) is 0 Å². The molecule has 0 aliphatic carbocycles. The van der Waals surface area contributed by atoms with Crippen molar-refractivity contribution >= 4 is 54.3 Å². The van der Waals surface area contributed by atoms with Gasteiger partial charge in [-0.15, -0.1) is 0 Å². The molecule has 0 N–H and O–H groups in total. The predicted octanol–water partition coefficient (Wildman–Crippen LogP) is 13.7. The van der Waals surface area contributed by atoms with E-state index in [1.807, 2.05) is 0 Å². The molecular formula is C48H30O. The van der Waals surface area contributed by atoms with Crippen LogP contribution in [0.25, 0.3) is 98.8 Å². The van der Waals surface area contributed by atoms with E-state index in [2.05, 4.69) is 182 Å². The van der Waals surface area contributed by atoms with Crippen LogP contribution >= 0.6 is 0 Å². The molecule has 0 spiro atoms. The van der Waals surface area contributed by atoms with E-state index in [-0.39, 0.29) is 0 Å². The molecule has 1 heterocycles. The molecule has 0 aliphatic heterocycles. The van der Waals surface area contributed by atoms with E-state index in [9.17, 15) is 0 Å². The maximum absolute atomic E-state index is 6.54. The fourth-order valence-electron chi connectivity index (χ4n) is 8.02. The second-order valence-electron chi connectivity index (χ2n) is 12.7. The van der Waals surface area contributed by atoms with E-state index >= 15 is 0 Å². The summed E-state index contributed by atoms with van der Waals surface area (Å²) >= 11 is 0. The molecule has 9 aromatic carbocycles. The number of hydrogen-bond acceptors (Lipinski definition) is 1. The van der Waals surface area contributed by atoms with Crippen LogP contribution in [-0.4, -0.2) is 0 Å². The minimum absolute atomic E-state index is 0.890. The summed E-state index contributed by atoms with van der Waals surface area (Å²) in [6.45, 7) is 0. The molecule has 228 valence electrons. The molecule has 0 amide bonds. The second kappa shape index (κ2) is 11.1. The van der Waals surface area contributed by atoms with E-state index < -0.39 is 0 Å². The van der Waals surface area contributed by atoms with Gasteiger partial charge in [-0.2, -0.15) is 0 Å². The molecule has 1 heteroatoms. The van der Waals surface area contributed by atoms with Crippen molar-refractivity contribution in [1.29, 1.82) is 0 Å². The molecule has 0 bridgehead atoms. The molecule has 0 saturated heterocycles. The van der Waals surface area contributed by atoms with Gasteiger partial charge in [0.2, 0.25) is 0 Å². The Hall–Kier alpha value is -6.44. The van der Waals surface area contributed by atoms with Gasteiger partial charge in [0.25, 0.3) is 0 Å². The van der Waals surface area contributed by atoms with Crippen molar-refractivity contribution in [2.24, 2.45) is 0 Å². The highest BCUT2D eigenvalue weighted by Gasteiger charge is 2.23. The summed E-state index contributed by atoms with van der Waals surface area (Å²) in [4.78, 5) is 0. The third-order valence-corrected chi connectivity index (χ3v) is 10.1. The van der Waals surface area contributed by atoms with Gasteiger partial charge in [-0.05, 0) is 89.5 Å². The van der Waals surface area contributed by atoms with Crippen LogP contribution in [0.1, 0.15) is 0 Å². The van der Waals surface area contributed by atoms with Crippen LogP contribution in [0.15, 0.2) is 186 Å². The van der Waals surface area contributed by atoms with Crippen LogP contribution in [0, 0.1) is 0 Å². The van der Waals surface area contributed by atoms with Crippen LogP contribution in [0.4, 0.5) is 0 Å². The van der Waals surface area contributed by atoms with Crippen molar-refractivity contribution in [1.82, 2.24) is 0 Å². The fraction of sp³-hybridized carbons (Fsp3) is 0. The lowest BCUT2D eigenvalue weighted by atomic mass is 9.83. The van der Waals surface area contributed by atoms with Gasteiger partial charge in [0, 0.05) is 16.3 Å². The minimum Gasteiger partial charge on any atom is -0.456 e. The van der Waals surface area contributed by atoms with Gasteiger partial charge >= 0.3 is 0 Å². The molecule has 0 atom stereocenters. The van der Waals surface area contributed by atoms with Gasteiger partial charge in [0.15, 0.2) is 0 Å². The van der Waals surface area contributed by atoms with Crippen LogP contribution in [-0.2, 0) is 0 Å². The Morgan fingerprint density at radius 3 is 1.45 bits per heavy atom. The Bertz CT molecular complexity index is 2830. The molecule has 49 heavy (non-hydrogen) atoms.